The van der Waals surface area contributed by atoms with Gasteiger partial charge in [-0.15, -0.1) is 0 Å². The Labute approximate surface area is 178 Å². The van der Waals surface area contributed by atoms with Crippen molar-refractivity contribution in [3.63, 3.8) is 0 Å². The molecule has 3 aliphatic carbocycles. The van der Waals surface area contributed by atoms with Gasteiger partial charge < -0.3 is 0 Å². The molecule has 0 N–H and O–H groups in total. The molecule has 152 valence electrons. The number of hydrogen-bond donors (Lipinski definition) is 0. The van der Waals surface area contributed by atoms with Crippen LogP contribution < -0.4 is 4.90 Å². The fraction of sp³-hybridized carbons (Fsp3) is 0.200. The number of carbonyl (C=O) groups excluding carboxylic acids is 2. The minimum absolute atomic E-state index is 0.145. The topological polar surface area (TPSA) is 80.5 Å². The van der Waals surface area contributed by atoms with Crippen molar-refractivity contribution in [1.82, 2.24) is 0 Å². The highest BCUT2D eigenvalue weighted by Gasteiger charge is 2.66. The number of hydrogen-bond acceptors (Lipinski definition) is 4. The van der Waals surface area contributed by atoms with Gasteiger partial charge in [-0.1, -0.05) is 61.5 Å². The van der Waals surface area contributed by atoms with E-state index in [1.807, 2.05) is 24.3 Å². The van der Waals surface area contributed by atoms with E-state index in [0.29, 0.717) is 0 Å². The Morgan fingerprint density at radius 2 is 1.48 bits per heavy atom. The van der Waals surface area contributed by atoms with Crippen LogP contribution in [0.5, 0.6) is 0 Å². The van der Waals surface area contributed by atoms with Crippen molar-refractivity contribution in [3.05, 3.63) is 105 Å². The first-order valence-electron chi connectivity index (χ1n) is 10.3. The Bertz CT molecular complexity index is 1270. The van der Waals surface area contributed by atoms with Crippen LogP contribution in [0.1, 0.15) is 35.1 Å². The predicted molar refractivity (Wildman–Crippen MR) is 114 cm³/mol. The number of nitro groups is 1. The molecular weight excluding hydrogens is 392 g/mol. The molecule has 1 saturated heterocycles. The van der Waals surface area contributed by atoms with Crippen molar-refractivity contribution in [1.29, 1.82) is 0 Å². The maximum absolute atomic E-state index is 13.8. The van der Waals surface area contributed by atoms with Gasteiger partial charge in [-0.2, -0.15) is 0 Å². The van der Waals surface area contributed by atoms with Gasteiger partial charge in [-0.05, 0) is 28.3 Å². The quantitative estimate of drug-likeness (QED) is 0.361. The predicted octanol–water partition coefficient (Wildman–Crippen LogP) is 4.17. The van der Waals surface area contributed by atoms with Crippen LogP contribution in [0.4, 0.5) is 11.4 Å². The number of benzene rings is 3. The lowest BCUT2D eigenvalue weighted by Gasteiger charge is -2.52. The van der Waals surface area contributed by atoms with E-state index in [1.54, 1.807) is 6.07 Å². The summed E-state index contributed by atoms with van der Waals surface area (Å²) < 4.78 is 0. The number of imide groups is 1. The van der Waals surface area contributed by atoms with Gasteiger partial charge in [-0.3, -0.25) is 19.7 Å². The molecule has 6 heteroatoms. The standard InChI is InChI=1S/C25H18N2O4/c1-25-18-11-4-2-9-16(18)20(17-10-3-5-12-19(17)25)21-22(25)24(29)26(23(21)28)14-7-6-8-15(13-14)27(30)31/h2-13,20-22H,1H3/t20?,21?,22-,25?/m0/s1. The fourth-order valence-electron chi connectivity index (χ4n) is 6.15. The lowest BCUT2D eigenvalue weighted by atomic mass is 9.48. The minimum Gasteiger partial charge on any atom is -0.274 e. The fourth-order valence-corrected chi connectivity index (χ4v) is 6.15. The molecule has 6 nitrogen and oxygen atoms in total. The SMILES string of the molecule is CC12c3ccccc3C(c3ccccc31)C1C(=O)N(c3cccc([N+](=O)[O-])c3)C(=O)[C@H]12. The third-order valence-corrected chi connectivity index (χ3v) is 7.34. The highest BCUT2D eigenvalue weighted by atomic mass is 16.6. The molecule has 0 radical (unpaired) electrons. The van der Waals surface area contributed by atoms with Gasteiger partial charge in [0.25, 0.3) is 5.69 Å². The zero-order valence-electron chi connectivity index (χ0n) is 16.7. The van der Waals surface area contributed by atoms with E-state index in [2.05, 4.69) is 31.2 Å². The van der Waals surface area contributed by atoms with E-state index in [1.165, 1.54) is 23.1 Å². The molecule has 2 amide bonds. The largest absolute Gasteiger partial charge is 0.274 e. The molecule has 2 atom stereocenters. The minimum atomic E-state index is -0.644. The van der Waals surface area contributed by atoms with E-state index in [4.69, 9.17) is 0 Å². The second-order valence-electron chi connectivity index (χ2n) is 8.65. The number of rotatable bonds is 2. The molecule has 1 fully saturated rings. The second kappa shape index (κ2) is 5.88. The molecular formula is C25H18N2O4. The van der Waals surface area contributed by atoms with Gasteiger partial charge in [-0.25, -0.2) is 4.90 Å². The first-order valence-corrected chi connectivity index (χ1v) is 10.3. The summed E-state index contributed by atoms with van der Waals surface area (Å²) >= 11 is 0. The van der Waals surface area contributed by atoms with Gasteiger partial charge in [0, 0.05) is 23.5 Å². The monoisotopic (exact) mass is 410 g/mol. The molecule has 4 aliphatic rings. The third-order valence-electron chi connectivity index (χ3n) is 7.34. The van der Waals surface area contributed by atoms with Crippen LogP contribution in [-0.4, -0.2) is 16.7 Å². The number of nitro benzene ring substituents is 1. The third kappa shape index (κ3) is 2.06. The molecule has 1 heterocycles. The zero-order valence-corrected chi connectivity index (χ0v) is 16.7. The molecule has 31 heavy (non-hydrogen) atoms. The summed E-state index contributed by atoms with van der Waals surface area (Å²) in [5.74, 6) is -1.85. The van der Waals surface area contributed by atoms with E-state index in [9.17, 15) is 19.7 Å². The highest BCUT2D eigenvalue weighted by Crippen LogP contribution is 2.64. The van der Waals surface area contributed by atoms with Crippen molar-refractivity contribution in [2.75, 3.05) is 4.90 Å². The van der Waals surface area contributed by atoms with Crippen molar-refractivity contribution < 1.29 is 14.5 Å². The van der Waals surface area contributed by atoms with E-state index in [-0.39, 0.29) is 29.1 Å². The van der Waals surface area contributed by atoms with E-state index >= 15 is 0 Å². The Kier molecular flexibility index (Phi) is 3.41. The molecule has 1 unspecified atom stereocenters. The van der Waals surface area contributed by atoms with Gasteiger partial charge in [0.05, 0.1) is 22.4 Å². The van der Waals surface area contributed by atoms with Crippen LogP contribution in [0.25, 0.3) is 0 Å². The average molecular weight is 410 g/mol. The Morgan fingerprint density at radius 1 is 0.871 bits per heavy atom. The molecule has 0 saturated carbocycles. The molecule has 3 aromatic rings. The smallest absolute Gasteiger partial charge is 0.271 e. The number of nitrogens with zero attached hydrogens (tertiary/aromatic N) is 2. The van der Waals surface area contributed by atoms with Gasteiger partial charge >= 0.3 is 0 Å². The Balaban J connectivity index is 1.58. The van der Waals surface area contributed by atoms with Gasteiger partial charge in [0.2, 0.25) is 11.8 Å². The van der Waals surface area contributed by atoms with Gasteiger partial charge in [0.1, 0.15) is 0 Å². The molecule has 0 aromatic heterocycles. The highest BCUT2D eigenvalue weighted by molar-refractivity contribution is 6.23. The van der Waals surface area contributed by atoms with Crippen LogP contribution in [0.15, 0.2) is 72.8 Å². The first-order chi connectivity index (χ1) is 14.9. The summed E-state index contributed by atoms with van der Waals surface area (Å²) in [5.41, 5.74) is 3.82. The van der Waals surface area contributed by atoms with Crippen molar-refractivity contribution in [2.24, 2.45) is 11.8 Å². The molecule has 1 aliphatic heterocycles. The Hall–Kier alpha value is -3.80. The second-order valence-corrected chi connectivity index (χ2v) is 8.65. The maximum atomic E-state index is 13.8. The summed E-state index contributed by atoms with van der Waals surface area (Å²) in [6, 6.07) is 21.9. The maximum Gasteiger partial charge on any atom is 0.271 e. The normalized spacial score (nSPS) is 27.6. The molecule has 2 bridgehead atoms. The first kappa shape index (κ1) is 18.0. The summed E-state index contributed by atoms with van der Waals surface area (Å²) in [5, 5.41) is 11.3. The summed E-state index contributed by atoms with van der Waals surface area (Å²) in [6.07, 6.45) is 0. The van der Waals surface area contributed by atoms with Crippen LogP contribution in [0.2, 0.25) is 0 Å². The van der Waals surface area contributed by atoms with Crippen LogP contribution in [-0.2, 0) is 15.0 Å². The molecule has 0 spiro atoms. The number of carbonyl (C=O) groups is 2. The summed E-state index contributed by atoms with van der Waals surface area (Å²) in [6.45, 7) is 2.06. The molecule has 3 aromatic carbocycles. The van der Waals surface area contributed by atoms with E-state index < -0.39 is 22.2 Å². The lowest BCUT2D eigenvalue weighted by molar-refractivity contribution is -0.384. The number of amides is 2. The van der Waals surface area contributed by atoms with Crippen molar-refractivity contribution in [3.8, 4) is 0 Å². The zero-order chi connectivity index (χ0) is 21.5. The summed E-state index contributed by atoms with van der Waals surface area (Å²) in [7, 11) is 0. The molecule has 7 rings (SSSR count). The van der Waals surface area contributed by atoms with Crippen LogP contribution in [0, 0.1) is 22.0 Å². The van der Waals surface area contributed by atoms with Crippen LogP contribution in [0.3, 0.4) is 0 Å². The Morgan fingerprint density at radius 3 is 2.10 bits per heavy atom. The lowest BCUT2D eigenvalue weighted by Crippen LogP contribution is -2.51. The van der Waals surface area contributed by atoms with E-state index in [0.717, 1.165) is 22.3 Å². The van der Waals surface area contributed by atoms with Crippen molar-refractivity contribution >= 4 is 23.2 Å². The number of non-ortho nitro benzene ring substituents is 1. The number of anilines is 1. The van der Waals surface area contributed by atoms with Crippen molar-refractivity contribution in [2.45, 2.75) is 18.3 Å². The average Bonchev–Trinajstić information content (AvgIpc) is 3.06. The summed E-state index contributed by atoms with van der Waals surface area (Å²) in [4.78, 5) is 39.4. The van der Waals surface area contributed by atoms with Crippen LogP contribution >= 0.6 is 0 Å². The van der Waals surface area contributed by atoms with Gasteiger partial charge in [0.15, 0.2) is 0 Å².